The smallest absolute Gasteiger partial charge is 0.243 e. The first-order valence-corrected chi connectivity index (χ1v) is 9.91. The second-order valence-corrected chi connectivity index (χ2v) is 7.15. The van der Waals surface area contributed by atoms with E-state index in [9.17, 15) is 9.59 Å². The minimum absolute atomic E-state index is 0.119. The Labute approximate surface area is 173 Å². The van der Waals surface area contributed by atoms with Gasteiger partial charge in [0.1, 0.15) is 0 Å². The summed E-state index contributed by atoms with van der Waals surface area (Å²) in [5.41, 5.74) is 3.39. The van der Waals surface area contributed by atoms with Crippen molar-refractivity contribution in [2.45, 2.75) is 12.1 Å². The third-order valence-electron chi connectivity index (χ3n) is 4.07. The molecule has 2 aromatic carbocycles. The number of thioether (sulfide) groups is 1. The van der Waals surface area contributed by atoms with Gasteiger partial charge in [0.2, 0.25) is 11.8 Å². The molecule has 2 N–H and O–H groups in total. The summed E-state index contributed by atoms with van der Waals surface area (Å²) in [6.45, 7) is 1.90. The van der Waals surface area contributed by atoms with Crippen LogP contribution in [0.15, 0.2) is 66.1 Å². The van der Waals surface area contributed by atoms with Crippen molar-refractivity contribution in [1.82, 2.24) is 14.9 Å². The molecule has 0 atom stereocenters. The van der Waals surface area contributed by atoms with Gasteiger partial charge in [0.25, 0.3) is 0 Å². The monoisotopic (exact) mass is 404 g/mol. The van der Waals surface area contributed by atoms with Gasteiger partial charge in [0.15, 0.2) is 5.16 Å². The number of carbonyl (C=O) groups excluding carboxylic acids is 2. The molecule has 0 unspecified atom stereocenters. The number of imidazole rings is 1. The molecular formula is C22H20N4O2S. The van der Waals surface area contributed by atoms with E-state index in [4.69, 9.17) is 6.42 Å². The van der Waals surface area contributed by atoms with Crippen LogP contribution < -0.4 is 10.6 Å². The predicted octanol–water partition coefficient (Wildman–Crippen LogP) is 3.01. The fourth-order valence-corrected chi connectivity index (χ4v) is 3.46. The lowest BCUT2D eigenvalue weighted by molar-refractivity contribution is -0.122. The third kappa shape index (κ3) is 5.50. The molecule has 0 radical (unpaired) electrons. The molecule has 0 saturated heterocycles. The van der Waals surface area contributed by atoms with E-state index in [1.54, 1.807) is 30.5 Å². The Balaban J connectivity index is 1.50. The maximum atomic E-state index is 12.1. The second-order valence-electron chi connectivity index (χ2n) is 6.21. The number of amides is 2. The van der Waals surface area contributed by atoms with Crippen LogP contribution in [-0.4, -0.2) is 33.7 Å². The molecular weight excluding hydrogens is 384 g/mol. The summed E-state index contributed by atoms with van der Waals surface area (Å²) < 4.78 is 1.94. The number of benzene rings is 2. The van der Waals surface area contributed by atoms with Gasteiger partial charge in [-0.2, -0.15) is 0 Å². The van der Waals surface area contributed by atoms with Gasteiger partial charge in [-0.15, -0.1) is 6.42 Å². The van der Waals surface area contributed by atoms with Crippen LogP contribution in [0.1, 0.15) is 11.1 Å². The summed E-state index contributed by atoms with van der Waals surface area (Å²) in [7, 11) is 0. The zero-order chi connectivity index (χ0) is 20.6. The summed E-state index contributed by atoms with van der Waals surface area (Å²) in [5, 5.41) is 6.03. The van der Waals surface area contributed by atoms with Gasteiger partial charge in [0.05, 0.1) is 18.0 Å². The summed E-state index contributed by atoms with van der Waals surface area (Å²) in [6, 6.07) is 14.9. The summed E-state index contributed by atoms with van der Waals surface area (Å²) >= 11 is 1.31. The van der Waals surface area contributed by atoms with Crippen molar-refractivity contribution < 1.29 is 9.59 Å². The minimum atomic E-state index is -0.320. The fourth-order valence-electron chi connectivity index (χ4n) is 2.67. The first kappa shape index (κ1) is 20.2. The Bertz CT molecular complexity index is 1070. The van der Waals surface area contributed by atoms with E-state index >= 15 is 0 Å². The Morgan fingerprint density at radius 2 is 2.00 bits per heavy atom. The lowest BCUT2D eigenvalue weighted by atomic mass is 10.2. The quantitative estimate of drug-likeness (QED) is 0.469. The molecule has 3 rings (SSSR count). The molecule has 1 heterocycles. The molecule has 1 aromatic heterocycles. The minimum Gasteiger partial charge on any atom is -0.346 e. The van der Waals surface area contributed by atoms with Gasteiger partial charge in [-0.1, -0.05) is 41.9 Å². The highest BCUT2D eigenvalue weighted by atomic mass is 32.2. The van der Waals surface area contributed by atoms with Crippen LogP contribution in [0.25, 0.3) is 5.69 Å². The molecule has 6 nitrogen and oxygen atoms in total. The van der Waals surface area contributed by atoms with Crippen molar-refractivity contribution in [2.75, 3.05) is 17.6 Å². The van der Waals surface area contributed by atoms with Gasteiger partial charge in [-0.25, -0.2) is 4.98 Å². The molecule has 0 saturated carbocycles. The van der Waals surface area contributed by atoms with Crippen LogP contribution in [0.2, 0.25) is 0 Å². The molecule has 29 heavy (non-hydrogen) atoms. The van der Waals surface area contributed by atoms with Crippen molar-refractivity contribution in [3.63, 3.8) is 0 Å². The van der Waals surface area contributed by atoms with Crippen molar-refractivity contribution in [1.29, 1.82) is 0 Å². The standard InChI is InChI=1S/C22H20N4O2S/c1-3-17-8-6-9-18(13-17)25-20(27)14-24-21(28)15-29-22-23-11-12-26(22)19-10-5-4-7-16(19)2/h1,4-13H,14-15H2,2H3,(H,24,28)(H,25,27). The lowest BCUT2D eigenvalue weighted by Gasteiger charge is -2.10. The zero-order valence-electron chi connectivity index (χ0n) is 15.9. The molecule has 7 heteroatoms. The number of aromatic nitrogens is 2. The Morgan fingerprint density at radius 3 is 2.79 bits per heavy atom. The highest BCUT2D eigenvalue weighted by Crippen LogP contribution is 2.22. The fraction of sp³-hybridized carbons (Fsp3) is 0.136. The summed E-state index contributed by atoms with van der Waals surface area (Å²) in [6.07, 6.45) is 8.91. The number of nitrogens with one attached hydrogen (secondary N) is 2. The number of para-hydroxylation sites is 1. The van der Waals surface area contributed by atoms with Crippen LogP contribution >= 0.6 is 11.8 Å². The Morgan fingerprint density at radius 1 is 1.17 bits per heavy atom. The molecule has 2 amide bonds. The maximum Gasteiger partial charge on any atom is 0.243 e. The number of rotatable bonds is 7. The Kier molecular flexibility index (Phi) is 6.72. The molecule has 0 aliphatic rings. The maximum absolute atomic E-state index is 12.1. The first-order valence-electron chi connectivity index (χ1n) is 8.92. The number of carbonyl (C=O) groups is 2. The van der Waals surface area contributed by atoms with E-state index in [0.717, 1.165) is 11.3 Å². The normalized spacial score (nSPS) is 10.2. The van der Waals surface area contributed by atoms with Gasteiger partial charge in [0, 0.05) is 23.6 Å². The number of nitrogens with zero attached hydrogens (tertiary/aromatic N) is 2. The van der Waals surface area contributed by atoms with Crippen molar-refractivity contribution >= 4 is 29.3 Å². The average molecular weight is 404 g/mol. The zero-order valence-corrected chi connectivity index (χ0v) is 16.7. The van der Waals surface area contributed by atoms with Crippen LogP contribution in [0.3, 0.4) is 0 Å². The highest BCUT2D eigenvalue weighted by molar-refractivity contribution is 7.99. The topological polar surface area (TPSA) is 76.0 Å². The van der Waals surface area contributed by atoms with E-state index in [2.05, 4.69) is 21.5 Å². The van der Waals surface area contributed by atoms with Gasteiger partial charge < -0.3 is 10.6 Å². The first-order chi connectivity index (χ1) is 14.1. The van der Waals surface area contributed by atoms with Crippen molar-refractivity contribution in [2.24, 2.45) is 0 Å². The molecule has 0 fully saturated rings. The van der Waals surface area contributed by atoms with Gasteiger partial charge in [-0.05, 0) is 36.8 Å². The Hall–Kier alpha value is -3.50. The molecule has 3 aromatic rings. The molecule has 146 valence electrons. The van der Waals surface area contributed by atoms with E-state index in [-0.39, 0.29) is 24.1 Å². The highest BCUT2D eigenvalue weighted by Gasteiger charge is 2.11. The van der Waals surface area contributed by atoms with Crippen LogP contribution in [-0.2, 0) is 9.59 Å². The summed E-state index contributed by atoms with van der Waals surface area (Å²) in [4.78, 5) is 28.5. The summed E-state index contributed by atoms with van der Waals surface area (Å²) in [5.74, 6) is 2.10. The average Bonchev–Trinajstić information content (AvgIpc) is 3.19. The molecule has 0 spiro atoms. The van der Waals surface area contributed by atoms with Crippen LogP contribution in [0.4, 0.5) is 5.69 Å². The number of hydrogen-bond donors (Lipinski definition) is 2. The molecule has 0 aliphatic carbocycles. The van der Waals surface area contributed by atoms with E-state index in [1.807, 2.05) is 42.0 Å². The number of terminal acetylenes is 1. The lowest BCUT2D eigenvalue weighted by Crippen LogP contribution is -2.33. The van der Waals surface area contributed by atoms with Crippen molar-refractivity contribution in [3.8, 4) is 18.0 Å². The van der Waals surface area contributed by atoms with Crippen molar-refractivity contribution in [3.05, 3.63) is 72.1 Å². The number of hydrogen-bond acceptors (Lipinski definition) is 4. The number of aryl methyl sites for hydroxylation is 1. The SMILES string of the molecule is C#Cc1cccc(NC(=O)CNC(=O)CSc2nccn2-c2ccccc2C)c1. The largest absolute Gasteiger partial charge is 0.346 e. The second kappa shape index (κ2) is 9.62. The predicted molar refractivity (Wildman–Crippen MR) is 115 cm³/mol. The van der Waals surface area contributed by atoms with Gasteiger partial charge >= 0.3 is 0 Å². The van der Waals surface area contributed by atoms with Gasteiger partial charge in [-0.3, -0.25) is 14.2 Å². The van der Waals surface area contributed by atoms with Crippen LogP contribution in [0, 0.1) is 19.3 Å². The molecule has 0 bridgehead atoms. The van der Waals surface area contributed by atoms with E-state index in [1.165, 1.54) is 11.8 Å². The van der Waals surface area contributed by atoms with E-state index < -0.39 is 0 Å². The molecule has 0 aliphatic heterocycles. The third-order valence-corrected chi connectivity index (χ3v) is 5.04. The number of anilines is 1. The van der Waals surface area contributed by atoms with Crippen LogP contribution in [0.5, 0.6) is 0 Å². The van der Waals surface area contributed by atoms with E-state index in [0.29, 0.717) is 16.4 Å².